The molecule has 2 fully saturated rings. The summed E-state index contributed by atoms with van der Waals surface area (Å²) in [5, 5.41) is 6.95. The SMILES string of the molecule is CCNC(=NCCOc1cccnc1)NC1CCN(CC2CCCC2)C1. The number of pyridine rings is 1. The zero-order chi connectivity index (χ0) is 18.0. The standard InChI is InChI=1S/C20H33N5O/c1-2-22-20(23-11-13-26-19-8-5-10-21-14-19)24-18-9-12-25(16-18)15-17-6-3-4-7-17/h5,8,10,14,17-18H,2-4,6-7,9,11-13,15-16H2,1H3,(H2,22,23,24). The van der Waals surface area contributed by atoms with Crippen molar-refractivity contribution in [1.82, 2.24) is 20.5 Å². The molecule has 1 unspecified atom stereocenters. The van der Waals surface area contributed by atoms with Crippen molar-refractivity contribution in [3.63, 3.8) is 0 Å². The largest absolute Gasteiger partial charge is 0.490 e. The Morgan fingerprint density at radius 1 is 1.35 bits per heavy atom. The lowest BCUT2D eigenvalue weighted by Crippen LogP contribution is -2.45. The highest BCUT2D eigenvalue weighted by molar-refractivity contribution is 5.80. The van der Waals surface area contributed by atoms with Gasteiger partial charge in [0, 0.05) is 38.4 Å². The molecular formula is C20H33N5O. The van der Waals surface area contributed by atoms with Crippen LogP contribution in [0.2, 0.25) is 0 Å². The summed E-state index contributed by atoms with van der Waals surface area (Å²) >= 11 is 0. The van der Waals surface area contributed by atoms with Crippen molar-refractivity contribution in [2.75, 3.05) is 39.3 Å². The van der Waals surface area contributed by atoms with Crippen LogP contribution in [-0.4, -0.2) is 61.2 Å². The number of rotatable bonds is 8. The number of guanidine groups is 1. The molecule has 0 spiro atoms. The first-order valence-corrected chi connectivity index (χ1v) is 10.1. The van der Waals surface area contributed by atoms with Crippen molar-refractivity contribution >= 4 is 5.96 Å². The number of ether oxygens (including phenoxy) is 1. The highest BCUT2D eigenvalue weighted by atomic mass is 16.5. The van der Waals surface area contributed by atoms with E-state index in [0.29, 0.717) is 19.2 Å². The van der Waals surface area contributed by atoms with Crippen molar-refractivity contribution < 1.29 is 4.74 Å². The third kappa shape index (κ3) is 6.16. The highest BCUT2D eigenvalue weighted by Crippen LogP contribution is 2.26. The van der Waals surface area contributed by atoms with E-state index in [4.69, 9.17) is 4.74 Å². The average molecular weight is 360 g/mol. The van der Waals surface area contributed by atoms with Crippen molar-refractivity contribution in [3.8, 4) is 5.75 Å². The summed E-state index contributed by atoms with van der Waals surface area (Å²) < 4.78 is 5.66. The van der Waals surface area contributed by atoms with E-state index in [0.717, 1.165) is 30.7 Å². The van der Waals surface area contributed by atoms with Crippen LogP contribution in [0.3, 0.4) is 0 Å². The van der Waals surface area contributed by atoms with Gasteiger partial charge in [0.05, 0.1) is 12.7 Å². The summed E-state index contributed by atoms with van der Waals surface area (Å²) in [6.07, 6.45) is 10.4. The molecule has 1 aliphatic carbocycles. The molecule has 144 valence electrons. The van der Waals surface area contributed by atoms with E-state index in [2.05, 4.69) is 32.4 Å². The molecule has 0 amide bonds. The monoisotopic (exact) mass is 359 g/mol. The van der Waals surface area contributed by atoms with E-state index in [9.17, 15) is 0 Å². The Morgan fingerprint density at radius 2 is 2.23 bits per heavy atom. The van der Waals surface area contributed by atoms with E-state index in [1.807, 2.05) is 12.1 Å². The molecule has 1 aromatic heterocycles. The number of aromatic nitrogens is 1. The molecule has 26 heavy (non-hydrogen) atoms. The fraction of sp³-hybridized carbons (Fsp3) is 0.700. The van der Waals surface area contributed by atoms with Crippen LogP contribution in [0.1, 0.15) is 39.0 Å². The van der Waals surface area contributed by atoms with Gasteiger partial charge in [-0.15, -0.1) is 0 Å². The Bertz CT molecular complexity index is 544. The molecule has 1 atom stereocenters. The quantitative estimate of drug-likeness (QED) is 0.424. The minimum absolute atomic E-state index is 0.494. The maximum Gasteiger partial charge on any atom is 0.191 e. The number of likely N-dealkylation sites (tertiary alicyclic amines) is 1. The number of aliphatic imine (C=N–C) groups is 1. The molecule has 1 saturated carbocycles. The van der Waals surface area contributed by atoms with Crippen LogP contribution >= 0.6 is 0 Å². The van der Waals surface area contributed by atoms with Gasteiger partial charge in [-0.25, -0.2) is 4.99 Å². The second-order valence-corrected chi connectivity index (χ2v) is 7.34. The van der Waals surface area contributed by atoms with Gasteiger partial charge in [-0.2, -0.15) is 0 Å². The molecule has 2 aliphatic rings. The Balaban J connectivity index is 1.39. The summed E-state index contributed by atoms with van der Waals surface area (Å²) in [6.45, 7) is 7.78. The van der Waals surface area contributed by atoms with Gasteiger partial charge in [-0.1, -0.05) is 12.8 Å². The normalized spacial score (nSPS) is 21.9. The number of nitrogens with zero attached hydrogens (tertiary/aromatic N) is 3. The average Bonchev–Trinajstić information content (AvgIpc) is 3.32. The van der Waals surface area contributed by atoms with Gasteiger partial charge < -0.3 is 20.3 Å². The number of nitrogens with one attached hydrogen (secondary N) is 2. The van der Waals surface area contributed by atoms with Crippen LogP contribution in [-0.2, 0) is 0 Å². The molecule has 1 saturated heterocycles. The van der Waals surface area contributed by atoms with Gasteiger partial charge in [-0.3, -0.25) is 4.98 Å². The minimum Gasteiger partial charge on any atom is -0.490 e. The molecule has 6 nitrogen and oxygen atoms in total. The summed E-state index contributed by atoms with van der Waals surface area (Å²) in [5.41, 5.74) is 0. The molecule has 3 rings (SSSR count). The van der Waals surface area contributed by atoms with Gasteiger partial charge in [0.25, 0.3) is 0 Å². The van der Waals surface area contributed by atoms with Gasteiger partial charge in [0.1, 0.15) is 12.4 Å². The Kier molecular flexibility index (Phi) is 7.55. The molecule has 2 N–H and O–H groups in total. The zero-order valence-electron chi connectivity index (χ0n) is 16.0. The third-order valence-electron chi connectivity index (χ3n) is 5.21. The Labute approximate surface area is 157 Å². The van der Waals surface area contributed by atoms with Crippen molar-refractivity contribution in [3.05, 3.63) is 24.5 Å². The topological polar surface area (TPSA) is 61.8 Å². The lowest BCUT2D eigenvalue weighted by Gasteiger charge is -2.21. The molecule has 0 aromatic carbocycles. The van der Waals surface area contributed by atoms with Gasteiger partial charge >= 0.3 is 0 Å². The molecule has 6 heteroatoms. The van der Waals surface area contributed by atoms with Crippen LogP contribution in [0.25, 0.3) is 0 Å². The van der Waals surface area contributed by atoms with Crippen LogP contribution in [0, 0.1) is 5.92 Å². The third-order valence-corrected chi connectivity index (χ3v) is 5.21. The zero-order valence-corrected chi connectivity index (χ0v) is 16.0. The maximum absolute atomic E-state index is 5.66. The Morgan fingerprint density at radius 3 is 3.00 bits per heavy atom. The first-order chi connectivity index (χ1) is 12.8. The summed E-state index contributed by atoms with van der Waals surface area (Å²) in [6, 6.07) is 4.28. The van der Waals surface area contributed by atoms with E-state index in [1.165, 1.54) is 45.2 Å². The first kappa shape index (κ1) is 19.0. The lowest BCUT2D eigenvalue weighted by molar-refractivity contribution is 0.275. The van der Waals surface area contributed by atoms with Gasteiger partial charge in [0.2, 0.25) is 0 Å². The van der Waals surface area contributed by atoms with E-state index in [-0.39, 0.29) is 0 Å². The predicted molar refractivity (Wildman–Crippen MR) is 106 cm³/mol. The maximum atomic E-state index is 5.66. The van der Waals surface area contributed by atoms with Crippen molar-refractivity contribution in [1.29, 1.82) is 0 Å². The number of hydrogen-bond donors (Lipinski definition) is 2. The fourth-order valence-corrected chi connectivity index (χ4v) is 3.94. The number of hydrogen-bond acceptors (Lipinski definition) is 4. The van der Waals surface area contributed by atoms with Gasteiger partial charge in [-0.05, 0) is 44.2 Å². The van der Waals surface area contributed by atoms with Crippen LogP contribution in [0.15, 0.2) is 29.5 Å². The molecule has 0 bridgehead atoms. The molecule has 1 aromatic rings. The fourth-order valence-electron chi connectivity index (χ4n) is 3.94. The summed E-state index contributed by atoms with van der Waals surface area (Å²) in [4.78, 5) is 11.3. The molecule has 1 aliphatic heterocycles. The van der Waals surface area contributed by atoms with Crippen molar-refractivity contribution in [2.24, 2.45) is 10.9 Å². The second-order valence-electron chi connectivity index (χ2n) is 7.34. The molecule has 0 radical (unpaired) electrons. The second kappa shape index (κ2) is 10.4. The van der Waals surface area contributed by atoms with Gasteiger partial charge in [0.15, 0.2) is 5.96 Å². The van der Waals surface area contributed by atoms with E-state index in [1.54, 1.807) is 12.4 Å². The molecule has 2 heterocycles. The summed E-state index contributed by atoms with van der Waals surface area (Å²) in [7, 11) is 0. The van der Waals surface area contributed by atoms with Crippen LogP contribution in [0.4, 0.5) is 0 Å². The molecular weight excluding hydrogens is 326 g/mol. The highest BCUT2D eigenvalue weighted by Gasteiger charge is 2.26. The van der Waals surface area contributed by atoms with Crippen LogP contribution in [0.5, 0.6) is 5.75 Å². The van der Waals surface area contributed by atoms with Crippen LogP contribution < -0.4 is 15.4 Å². The van der Waals surface area contributed by atoms with E-state index >= 15 is 0 Å². The Hall–Kier alpha value is -1.82. The predicted octanol–water partition coefficient (Wildman–Crippen LogP) is 2.28. The minimum atomic E-state index is 0.494. The first-order valence-electron chi connectivity index (χ1n) is 10.1. The van der Waals surface area contributed by atoms with E-state index < -0.39 is 0 Å². The smallest absolute Gasteiger partial charge is 0.191 e. The lowest BCUT2D eigenvalue weighted by atomic mass is 10.1. The summed E-state index contributed by atoms with van der Waals surface area (Å²) in [5.74, 6) is 2.62. The van der Waals surface area contributed by atoms with Crippen molar-refractivity contribution in [2.45, 2.75) is 45.1 Å².